The zero-order valence-corrected chi connectivity index (χ0v) is 13.8. The number of carbonyl (C=O) groups is 1. The number of pyridine rings is 1. The highest BCUT2D eigenvalue weighted by molar-refractivity contribution is 5.89. The number of ether oxygens (including phenoxy) is 2. The van der Waals surface area contributed by atoms with Gasteiger partial charge in [-0.05, 0) is 18.6 Å². The largest absolute Gasteiger partial charge is 0.454 e. The Balaban J connectivity index is 1.85. The average molecular weight is 327 g/mol. The molecule has 1 saturated heterocycles. The maximum atomic E-state index is 12.4. The number of carbonyl (C=O) groups excluding carboxylic acids is 1. The summed E-state index contributed by atoms with van der Waals surface area (Å²) < 4.78 is 13.6. The highest BCUT2D eigenvalue weighted by Gasteiger charge is 2.44. The van der Waals surface area contributed by atoms with Crippen LogP contribution in [-0.4, -0.2) is 22.7 Å². The van der Waals surface area contributed by atoms with Gasteiger partial charge in [-0.2, -0.15) is 0 Å². The first-order valence-corrected chi connectivity index (χ1v) is 8.19. The third-order valence-electron chi connectivity index (χ3n) is 4.47. The van der Waals surface area contributed by atoms with Crippen LogP contribution in [0.4, 0.5) is 0 Å². The molecule has 126 valence electrons. The Morgan fingerprint density at radius 3 is 2.46 bits per heavy atom. The Morgan fingerprint density at radius 2 is 1.83 bits per heavy atom. The highest BCUT2D eigenvalue weighted by atomic mass is 16.6. The zero-order chi connectivity index (χ0) is 17.1. The summed E-state index contributed by atoms with van der Waals surface area (Å²) >= 11 is 0. The fourth-order valence-corrected chi connectivity index (χ4v) is 3.08. The fraction of sp³-hybridized carbons (Fsp3) is 0.368. The second-order valence-corrected chi connectivity index (χ2v) is 6.05. The van der Waals surface area contributed by atoms with Crippen LogP contribution in [0.1, 0.15) is 36.9 Å². The van der Waals surface area contributed by atoms with Crippen LogP contribution >= 0.6 is 0 Å². The van der Waals surface area contributed by atoms with Crippen molar-refractivity contribution in [2.75, 3.05) is 0 Å². The molecule has 4 atom stereocenters. The predicted molar refractivity (Wildman–Crippen MR) is 89.7 cm³/mol. The van der Waals surface area contributed by atoms with Crippen LogP contribution in [0.25, 0.3) is 0 Å². The van der Waals surface area contributed by atoms with E-state index in [4.69, 9.17) is 9.47 Å². The molecular weight excluding hydrogens is 306 g/mol. The Morgan fingerprint density at radius 1 is 1.17 bits per heavy atom. The van der Waals surface area contributed by atoms with Crippen LogP contribution in [0.15, 0.2) is 59.7 Å². The van der Waals surface area contributed by atoms with Gasteiger partial charge in [-0.25, -0.2) is 4.79 Å². The maximum Gasteiger partial charge on any atom is 0.338 e. The molecule has 0 aliphatic carbocycles. The molecule has 1 aromatic carbocycles. The minimum absolute atomic E-state index is 0.00278. The number of hydrogen-bond acceptors (Lipinski definition) is 4. The van der Waals surface area contributed by atoms with Gasteiger partial charge in [-0.1, -0.05) is 32.0 Å². The SMILES string of the molecule is CC[C@H]1O[C@@H](n2ccc(=O)cc2)[C@H](OC(=O)c2ccccc2)[C@@H]1C. The molecule has 0 saturated carbocycles. The first-order chi connectivity index (χ1) is 11.6. The van der Waals surface area contributed by atoms with Crippen molar-refractivity contribution in [2.24, 2.45) is 5.92 Å². The molecule has 0 radical (unpaired) electrons. The van der Waals surface area contributed by atoms with E-state index in [1.54, 1.807) is 41.2 Å². The molecule has 5 heteroatoms. The summed E-state index contributed by atoms with van der Waals surface area (Å²) in [5.41, 5.74) is 0.450. The van der Waals surface area contributed by atoms with Crippen molar-refractivity contribution in [1.29, 1.82) is 0 Å². The van der Waals surface area contributed by atoms with Gasteiger partial charge in [0.2, 0.25) is 0 Å². The first kappa shape index (κ1) is 16.5. The van der Waals surface area contributed by atoms with Crippen molar-refractivity contribution >= 4 is 5.97 Å². The summed E-state index contributed by atoms with van der Waals surface area (Å²) in [6.45, 7) is 4.07. The van der Waals surface area contributed by atoms with E-state index in [1.807, 2.05) is 19.9 Å². The van der Waals surface area contributed by atoms with Crippen molar-refractivity contribution in [3.8, 4) is 0 Å². The normalized spacial score (nSPS) is 26.2. The predicted octanol–water partition coefficient (Wildman–Crippen LogP) is 3.02. The number of esters is 1. The van der Waals surface area contributed by atoms with Crippen molar-refractivity contribution < 1.29 is 14.3 Å². The molecule has 1 fully saturated rings. The van der Waals surface area contributed by atoms with Crippen LogP contribution in [0.2, 0.25) is 0 Å². The van der Waals surface area contributed by atoms with E-state index >= 15 is 0 Å². The van der Waals surface area contributed by atoms with Gasteiger partial charge in [0.05, 0.1) is 11.7 Å². The molecule has 5 nitrogen and oxygen atoms in total. The molecule has 1 aromatic heterocycles. The van der Waals surface area contributed by atoms with Crippen molar-refractivity contribution in [1.82, 2.24) is 4.57 Å². The number of aromatic nitrogens is 1. The summed E-state index contributed by atoms with van der Waals surface area (Å²) in [7, 11) is 0. The lowest BCUT2D eigenvalue weighted by atomic mass is 9.98. The van der Waals surface area contributed by atoms with Crippen LogP contribution in [0.3, 0.4) is 0 Å². The molecule has 0 amide bonds. The molecule has 2 aromatic rings. The van der Waals surface area contributed by atoms with Gasteiger partial charge in [0.25, 0.3) is 0 Å². The zero-order valence-electron chi connectivity index (χ0n) is 13.8. The average Bonchev–Trinajstić information content (AvgIpc) is 2.92. The third-order valence-corrected chi connectivity index (χ3v) is 4.47. The first-order valence-electron chi connectivity index (χ1n) is 8.19. The van der Waals surface area contributed by atoms with Crippen LogP contribution < -0.4 is 5.43 Å². The number of rotatable bonds is 4. The summed E-state index contributed by atoms with van der Waals surface area (Å²) in [4.78, 5) is 23.8. The molecular formula is C19H21NO4. The highest BCUT2D eigenvalue weighted by Crippen LogP contribution is 2.37. The third kappa shape index (κ3) is 3.26. The van der Waals surface area contributed by atoms with Crippen LogP contribution in [0, 0.1) is 5.92 Å². The van der Waals surface area contributed by atoms with E-state index in [-0.39, 0.29) is 23.4 Å². The molecule has 0 bridgehead atoms. The molecule has 0 unspecified atom stereocenters. The van der Waals surface area contributed by atoms with Crippen LogP contribution in [-0.2, 0) is 9.47 Å². The molecule has 0 spiro atoms. The summed E-state index contributed by atoms with van der Waals surface area (Å²) in [5, 5.41) is 0. The Hall–Kier alpha value is -2.40. The summed E-state index contributed by atoms with van der Waals surface area (Å²) in [6.07, 6.45) is 3.32. The monoisotopic (exact) mass is 327 g/mol. The van der Waals surface area contributed by atoms with Gasteiger partial charge in [-0.3, -0.25) is 4.79 Å². The van der Waals surface area contributed by atoms with Gasteiger partial charge < -0.3 is 14.0 Å². The minimum Gasteiger partial charge on any atom is -0.454 e. The topological polar surface area (TPSA) is 57.5 Å². The van der Waals surface area contributed by atoms with Gasteiger partial charge in [-0.15, -0.1) is 0 Å². The van der Waals surface area contributed by atoms with Gasteiger partial charge in [0.15, 0.2) is 17.8 Å². The summed E-state index contributed by atoms with van der Waals surface area (Å²) in [5.74, 6) is -0.300. The van der Waals surface area contributed by atoms with E-state index in [9.17, 15) is 9.59 Å². The quantitative estimate of drug-likeness (QED) is 0.810. The lowest BCUT2D eigenvalue weighted by Gasteiger charge is -2.23. The molecule has 1 aliphatic heterocycles. The Kier molecular flexibility index (Phi) is 4.81. The minimum atomic E-state index is -0.432. The van der Waals surface area contributed by atoms with E-state index < -0.39 is 12.3 Å². The molecule has 3 rings (SSSR count). The van der Waals surface area contributed by atoms with Crippen molar-refractivity contribution in [2.45, 2.75) is 38.7 Å². The van der Waals surface area contributed by atoms with E-state index in [2.05, 4.69) is 0 Å². The van der Waals surface area contributed by atoms with Gasteiger partial charge >= 0.3 is 5.97 Å². The lowest BCUT2D eigenvalue weighted by molar-refractivity contribution is -0.0489. The Labute approximate surface area is 140 Å². The second-order valence-electron chi connectivity index (χ2n) is 6.05. The number of benzene rings is 1. The smallest absolute Gasteiger partial charge is 0.338 e. The Bertz CT molecular complexity index is 735. The molecule has 24 heavy (non-hydrogen) atoms. The number of hydrogen-bond donors (Lipinski definition) is 0. The van der Waals surface area contributed by atoms with Crippen LogP contribution in [0.5, 0.6) is 0 Å². The maximum absolute atomic E-state index is 12.4. The van der Waals surface area contributed by atoms with Crippen molar-refractivity contribution in [3.63, 3.8) is 0 Å². The standard InChI is InChI=1S/C19H21NO4/c1-3-16-13(2)17(24-19(22)14-7-5-4-6-8-14)18(23-16)20-11-9-15(21)10-12-20/h4-13,16-18H,3H2,1-2H3/t13-,16-,17-,18-/m1/s1. The molecule has 1 aliphatic rings. The van der Waals surface area contributed by atoms with E-state index in [0.29, 0.717) is 5.56 Å². The van der Waals surface area contributed by atoms with E-state index in [1.165, 1.54) is 12.1 Å². The van der Waals surface area contributed by atoms with E-state index in [0.717, 1.165) is 6.42 Å². The van der Waals surface area contributed by atoms with Crippen molar-refractivity contribution in [3.05, 3.63) is 70.6 Å². The molecule has 0 N–H and O–H groups in total. The lowest BCUT2D eigenvalue weighted by Crippen LogP contribution is -2.30. The molecule has 2 heterocycles. The fourth-order valence-electron chi connectivity index (χ4n) is 3.08. The van der Waals surface area contributed by atoms with Gasteiger partial charge in [0.1, 0.15) is 0 Å². The number of nitrogens with zero attached hydrogens (tertiary/aromatic N) is 1. The van der Waals surface area contributed by atoms with Gasteiger partial charge in [0, 0.05) is 30.4 Å². The second kappa shape index (κ2) is 7.01. The summed E-state index contributed by atoms with van der Waals surface area (Å²) in [6, 6.07) is 11.9.